The fourth-order valence-electron chi connectivity index (χ4n) is 3.12. The van der Waals surface area contributed by atoms with Crippen molar-refractivity contribution in [3.8, 4) is 0 Å². The number of rotatable bonds is 6. The van der Waals surface area contributed by atoms with Gasteiger partial charge in [-0.15, -0.1) is 0 Å². The number of nitrogens with one attached hydrogen (secondary N) is 1. The number of esters is 1. The number of hydrogen-bond acceptors (Lipinski definition) is 7. The Morgan fingerprint density at radius 1 is 1.55 bits per heavy atom. The Kier molecular flexibility index (Phi) is 6.17. The molecule has 7 nitrogen and oxygen atoms in total. The zero-order valence-corrected chi connectivity index (χ0v) is 13.7. The molecule has 22 heavy (non-hydrogen) atoms. The molecule has 0 spiro atoms. The Balaban J connectivity index is 3.18. The molecule has 130 valence electrons. The van der Waals surface area contributed by atoms with Crippen molar-refractivity contribution in [3.05, 3.63) is 0 Å². The maximum atomic E-state index is 12.3. The predicted octanol–water partition coefficient (Wildman–Crippen LogP) is -0.576. The molecule has 4 N–H and O–H groups in total. The fraction of sp³-hybridized carbons (Fsp3) is 0.933. The Morgan fingerprint density at radius 2 is 2.18 bits per heavy atom. The summed E-state index contributed by atoms with van der Waals surface area (Å²) in [7, 11) is 2.84. The van der Waals surface area contributed by atoms with Crippen LogP contribution in [0.4, 0.5) is 0 Å². The number of carbonyl (C=O) groups excluding carboxylic acids is 1. The second kappa shape index (κ2) is 7.70. The topological polar surface area (TPSA) is 108 Å². The molecule has 0 aromatic rings. The van der Waals surface area contributed by atoms with Crippen molar-refractivity contribution in [1.29, 1.82) is 0 Å². The monoisotopic (exact) mass is 320 g/mol. The van der Waals surface area contributed by atoms with Crippen LogP contribution in [0.2, 0.25) is 0 Å². The lowest BCUT2D eigenvalue weighted by Crippen LogP contribution is -2.66. The highest BCUT2D eigenvalue weighted by Crippen LogP contribution is 2.37. The molecule has 7 heteroatoms. The number of hydrogen-bond donors (Lipinski definition) is 4. The van der Waals surface area contributed by atoms with E-state index < -0.39 is 48.9 Å². The first-order valence-electron chi connectivity index (χ1n) is 8.20. The van der Waals surface area contributed by atoms with Gasteiger partial charge in [-0.3, -0.25) is 0 Å². The lowest BCUT2D eigenvalue weighted by atomic mass is 9.79. The van der Waals surface area contributed by atoms with E-state index in [0.29, 0.717) is 6.42 Å². The lowest BCUT2D eigenvalue weighted by molar-refractivity contribution is -0.232. The van der Waals surface area contributed by atoms with Gasteiger partial charge in [-0.1, -0.05) is 13.8 Å². The van der Waals surface area contributed by atoms with Gasteiger partial charge in [0.25, 0.3) is 0 Å². The van der Waals surface area contributed by atoms with Crippen molar-refractivity contribution in [1.82, 2.24) is 5.32 Å². The first-order valence-corrected chi connectivity index (χ1v) is 7.49. The third-order valence-corrected chi connectivity index (χ3v) is 4.03. The van der Waals surface area contributed by atoms with Crippen LogP contribution in [0.25, 0.3) is 0 Å². The SMILES string of the molecule is [2H]CC(O)C(O)C1OC(CC(C)C)(C(=O)OC)CC(O)C1NC. The molecule has 0 aromatic heterocycles. The summed E-state index contributed by atoms with van der Waals surface area (Å²) >= 11 is 0. The minimum atomic E-state index is -1.41. The summed E-state index contributed by atoms with van der Waals surface area (Å²) in [5, 5.41) is 33.4. The maximum absolute atomic E-state index is 12.3. The molecule has 6 atom stereocenters. The van der Waals surface area contributed by atoms with Crippen LogP contribution in [0.15, 0.2) is 0 Å². The van der Waals surface area contributed by atoms with Crippen LogP contribution in [0.1, 0.15) is 35.0 Å². The molecule has 0 aromatic carbocycles. The number of carbonyl (C=O) groups is 1. The Bertz CT molecular complexity index is 396. The number of aliphatic hydroxyl groups is 3. The normalized spacial score (nSPS) is 35.8. The minimum Gasteiger partial charge on any atom is -0.467 e. The Morgan fingerprint density at radius 3 is 2.64 bits per heavy atom. The summed E-state index contributed by atoms with van der Waals surface area (Å²) in [5.41, 5.74) is -1.39. The third kappa shape index (κ3) is 3.97. The quantitative estimate of drug-likeness (QED) is 0.485. The highest BCUT2D eigenvalue weighted by atomic mass is 16.6. The second-order valence-corrected chi connectivity index (χ2v) is 6.31. The Hall–Kier alpha value is -0.730. The first-order chi connectivity index (χ1) is 10.7. The van der Waals surface area contributed by atoms with Crippen molar-refractivity contribution in [2.45, 2.75) is 69.6 Å². The van der Waals surface area contributed by atoms with Gasteiger partial charge in [0.1, 0.15) is 12.2 Å². The van der Waals surface area contributed by atoms with Gasteiger partial charge in [-0.25, -0.2) is 4.79 Å². The molecule has 0 saturated carbocycles. The van der Waals surface area contributed by atoms with Gasteiger partial charge in [0, 0.05) is 7.79 Å². The standard InChI is InChI=1S/C15H29NO6/c1-8(2)6-15(14(20)21-5)7-10(18)11(16-4)13(22-15)12(19)9(3)17/h8-13,16-19H,6-7H2,1-5H3/i3D. The number of ether oxygens (including phenoxy) is 2. The summed E-state index contributed by atoms with van der Waals surface area (Å²) in [6, 6.07) is -0.670. The van der Waals surface area contributed by atoms with Crippen LogP contribution in [-0.4, -0.2) is 71.5 Å². The molecule has 0 amide bonds. The molecular formula is C15H29NO6. The molecule has 1 rings (SSSR count). The van der Waals surface area contributed by atoms with Gasteiger partial charge in [0.2, 0.25) is 0 Å². The largest absolute Gasteiger partial charge is 0.467 e. The van der Waals surface area contributed by atoms with Crippen LogP contribution >= 0.6 is 0 Å². The van der Waals surface area contributed by atoms with Crippen LogP contribution < -0.4 is 5.32 Å². The summed E-state index contributed by atoms with van der Waals surface area (Å²) < 4.78 is 18.0. The molecule has 6 unspecified atom stereocenters. The minimum absolute atomic E-state index is 0.0313. The number of methoxy groups -OCH3 is 1. The van der Waals surface area contributed by atoms with Crippen molar-refractivity contribution in [3.63, 3.8) is 0 Å². The van der Waals surface area contributed by atoms with Gasteiger partial charge < -0.3 is 30.1 Å². The van der Waals surface area contributed by atoms with Crippen LogP contribution in [-0.2, 0) is 14.3 Å². The highest BCUT2D eigenvalue weighted by Gasteiger charge is 2.54. The van der Waals surface area contributed by atoms with E-state index in [-0.39, 0.29) is 12.3 Å². The summed E-state index contributed by atoms with van der Waals surface area (Å²) in [5.74, 6) is -0.524. The Labute approximate surface area is 133 Å². The first kappa shape index (κ1) is 17.6. The molecule has 1 heterocycles. The molecule has 1 saturated heterocycles. The third-order valence-electron chi connectivity index (χ3n) is 4.03. The zero-order chi connectivity index (χ0) is 17.8. The second-order valence-electron chi connectivity index (χ2n) is 6.31. The van der Waals surface area contributed by atoms with Gasteiger partial charge in [-0.05, 0) is 26.3 Å². The van der Waals surface area contributed by atoms with E-state index in [1.807, 2.05) is 13.8 Å². The van der Waals surface area contributed by atoms with Crippen molar-refractivity contribution >= 4 is 5.97 Å². The van der Waals surface area contributed by atoms with E-state index in [1.165, 1.54) is 7.11 Å². The van der Waals surface area contributed by atoms with Gasteiger partial charge in [-0.2, -0.15) is 0 Å². The van der Waals surface area contributed by atoms with Gasteiger partial charge >= 0.3 is 5.97 Å². The smallest absolute Gasteiger partial charge is 0.338 e. The van der Waals surface area contributed by atoms with E-state index in [0.717, 1.165) is 0 Å². The molecule has 0 bridgehead atoms. The van der Waals surface area contributed by atoms with Crippen LogP contribution in [0.3, 0.4) is 0 Å². The molecular weight excluding hydrogens is 290 g/mol. The van der Waals surface area contributed by atoms with Crippen molar-refractivity contribution in [2.75, 3.05) is 14.2 Å². The average Bonchev–Trinajstić information content (AvgIpc) is 2.51. The van der Waals surface area contributed by atoms with Crippen LogP contribution in [0, 0.1) is 5.92 Å². The van der Waals surface area contributed by atoms with Crippen molar-refractivity contribution < 1.29 is 31.0 Å². The lowest BCUT2D eigenvalue weighted by Gasteiger charge is -2.47. The van der Waals surface area contributed by atoms with Gasteiger partial charge in [0.15, 0.2) is 5.60 Å². The molecule has 1 fully saturated rings. The van der Waals surface area contributed by atoms with E-state index in [4.69, 9.17) is 10.8 Å². The van der Waals surface area contributed by atoms with E-state index >= 15 is 0 Å². The summed E-state index contributed by atoms with van der Waals surface area (Å²) in [6.07, 6.45) is -4.41. The van der Waals surface area contributed by atoms with E-state index in [1.54, 1.807) is 7.05 Å². The summed E-state index contributed by atoms with van der Waals surface area (Å²) in [4.78, 5) is 12.3. The van der Waals surface area contributed by atoms with Gasteiger partial charge in [0.05, 0.1) is 25.4 Å². The highest BCUT2D eigenvalue weighted by molar-refractivity contribution is 5.79. The molecule has 1 aliphatic heterocycles. The summed E-state index contributed by atoms with van der Waals surface area (Å²) in [6.45, 7) is 3.41. The zero-order valence-electron chi connectivity index (χ0n) is 14.7. The van der Waals surface area contributed by atoms with E-state index in [9.17, 15) is 20.1 Å². The molecule has 0 aliphatic carbocycles. The maximum Gasteiger partial charge on any atom is 0.338 e. The molecule has 1 aliphatic rings. The van der Waals surface area contributed by atoms with Crippen molar-refractivity contribution in [2.24, 2.45) is 5.92 Å². The molecule has 0 radical (unpaired) electrons. The number of likely N-dealkylation sites (N-methyl/N-ethyl adjacent to an activating group) is 1. The van der Waals surface area contributed by atoms with Crippen LogP contribution in [0.5, 0.6) is 0 Å². The predicted molar refractivity (Wildman–Crippen MR) is 80.2 cm³/mol. The average molecular weight is 320 g/mol. The fourth-order valence-corrected chi connectivity index (χ4v) is 3.12. The number of aliphatic hydroxyl groups excluding tert-OH is 3. The van der Waals surface area contributed by atoms with E-state index in [2.05, 4.69) is 5.32 Å².